The first-order valence-corrected chi connectivity index (χ1v) is 21.9. The number of hydrogen-bond donors (Lipinski definition) is 1. The Bertz CT molecular complexity index is 1150. The first kappa shape index (κ1) is 38.8. The van der Waals surface area contributed by atoms with Crippen LogP contribution in [0.4, 0.5) is 0 Å². The van der Waals surface area contributed by atoms with Gasteiger partial charge in [0.05, 0.1) is 19.8 Å². The molecule has 0 fully saturated rings. The number of hydrogen-bond acceptors (Lipinski definition) is 5. The molecular formula is C34H57N3O4Si2. The van der Waals surface area contributed by atoms with Gasteiger partial charge in [-0.1, -0.05) is 90.3 Å². The molecule has 7 nitrogen and oxygen atoms in total. The minimum absolute atomic E-state index is 0.0140. The quantitative estimate of drug-likeness (QED) is 0.0692. The van der Waals surface area contributed by atoms with E-state index in [0.29, 0.717) is 19.6 Å². The SMILES string of the molecule is COc1ccc(CO[C@@H](C(O)C#C[C@@H](C)C[C@@H](C)CN=[N+]=[N-])[C@@H](C[C@H](C)CC#C[Si](C)(C)C)O[Si](C)(C)C(C)(C)C)cc1. The fourth-order valence-electron chi connectivity index (χ4n) is 4.31. The van der Waals surface area contributed by atoms with Crippen molar-refractivity contribution in [3.8, 4) is 29.1 Å². The summed E-state index contributed by atoms with van der Waals surface area (Å²) < 4.78 is 18.9. The summed E-state index contributed by atoms with van der Waals surface area (Å²) in [6.45, 7) is 24.9. The van der Waals surface area contributed by atoms with E-state index in [-0.39, 0.29) is 28.9 Å². The van der Waals surface area contributed by atoms with E-state index in [1.54, 1.807) is 7.11 Å². The molecule has 0 aromatic heterocycles. The number of benzene rings is 1. The van der Waals surface area contributed by atoms with Gasteiger partial charge in [-0.15, -0.1) is 11.5 Å². The Kier molecular flexibility index (Phi) is 16.2. The van der Waals surface area contributed by atoms with Crippen molar-refractivity contribution >= 4 is 16.4 Å². The van der Waals surface area contributed by atoms with Gasteiger partial charge in [-0.25, -0.2) is 0 Å². The van der Waals surface area contributed by atoms with Crippen molar-refractivity contribution in [3.63, 3.8) is 0 Å². The highest BCUT2D eigenvalue weighted by molar-refractivity contribution is 6.83. The van der Waals surface area contributed by atoms with Gasteiger partial charge in [0.2, 0.25) is 0 Å². The molecule has 0 saturated heterocycles. The van der Waals surface area contributed by atoms with Gasteiger partial charge in [0.25, 0.3) is 0 Å². The summed E-state index contributed by atoms with van der Waals surface area (Å²) in [6, 6.07) is 7.76. The Hall–Kier alpha value is -2.24. The zero-order valence-corrected chi connectivity index (χ0v) is 30.8. The smallest absolute Gasteiger partial charge is 0.192 e. The number of rotatable bonds is 15. The molecule has 9 heteroatoms. The number of nitrogens with zero attached hydrogens (tertiary/aromatic N) is 3. The van der Waals surface area contributed by atoms with E-state index in [4.69, 9.17) is 19.4 Å². The number of azide groups is 1. The highest BCUT2D eigenvalue weighted by Crippen LogP contribution is 2.39. The molecule has 240 valence electrons. The van der Waals surface area contributed by atoms with Crippen LogP contribution in [0.15, 0.2) is 29.4 Å². The molecule has 0 amide bonds. The molecule has 1 N–H and O–H groups in total. The number of methoxy groups -OCH3 is 1. The zero-order chi connectivity index (χ0) is 32.8. The first-order valence-electron chi connectivity index (χ1n) is 15.5. The second kappa shape index (κ2) is 17.9. The van der Waals surface area contributed by atoms with Crippen LogP contribution in [-0.4, -0.2) is 53.5 Å². The van der Waals surface area contributed by atoms with Gasteiger partial charge < -0.3 is 19.0 Å². The maximum absolute atomic E-state index is 11.6. The Balaban J connectivity index is 3.40. The predicted molar refractivity (Wildman–Crippen MR) is 184 cm³/mol. The van der Waals surface area contributed by atoms with Crippen molar-refractivity contribution < 1.29 is 19.0 Å². The zero-order valence-electron chi connectivity index (χ0n) is 28.8. The predicted octanol–water partition coefficient (Wildman–Crippen LogP) is 8.60. The van der Waals surface area contributed by atoms with Crippen LogP contribution in [0.25, 0.3) is 10.4 Å². The summed E-state index contributed by atoms with van der Waals surface area (Å²) in [5.41, 5.74) is 13.1. The average Bonchev–Trinajstić information content (AvgIpc) is 2.89. The lowest BCUT2D eigenvalue weighted by molar-refractivity contribution is -0.0904. The summed E-state index contributed by atoms with van der Waals surface area (Å²) in [5, 5.41) is 15.3. The van der Waals surface area contributed by atoms with Crippen LogP contribution in [0.3, 0.4) is 0 Å². The van der Waals surface area contributed by atoms with Crippen molar-refractivity contribution in [2.45, 2.75) is 123 Å². The van der Waals surface area contributed by atoms with Crippen LogP contribution in [0.5, 0.6) is 5.75 Å². The van der Waals surface area contributed by atoms with Gasteiger partial charge >= 0.3 is 0 Å². The second-order valence-electron chi connectivity index (χ2n) is 14.5. The van der Waals surface area contributed by atoms with Crippen LogP contribution < -0.4 is 4.74 Å². The van der Waals surface area contributed by atoms with Gasteiger partial charge in [0.1, 0.15) is 26.0 Å². The molecule has 0 bridgehead atoms. The average molecular weight is 628 g/mol. The van der Waals surface area contributed by atoms with Gasteiger partial charge in [0.15, 0.2) is 8.32 Å². The first-order chi connectivity index (χ1) is 19.9. The fraction of sp³-hybridized carbons (Fsp3) is 0.706. The molecule has 1 unspecified atom stereocenters. The molecule has 0 heterocycles. The molecule has 6 atom stereocenters. The van der Waals surface area contributed by atoms with E-state index < -0.39 is 28.6 Å². The lowest BCUT2D eigenvalue weighted by Gasteiger charge is -2.42. The van der Waals surface area contributed by atoms with Crippen LogP contribution in [0, 0.1) is 41.1 Å². The number of ether oxygens (including phenoxy) is 2. The topological polar surface area (TPSA) is 96.7 Å². The molecule has 0 aliphatic carbocycles. The van der Waals surface area contributed by atoms with Gasteiger partial charge in [-0.3, -0.25) is 0 Å². The van der Waals surface area contributed by atoms with E-state index in [9.17, 15) is 5.11 Å². The van der Waals surface area contributed by atoms with Crippen molar-refractivity contribution in [1.82, 2.24) is 0 Å². The summed E-state index contributed by atoms with van der Waals surface area (Å²) >= 11 is 0. The molecule has 1 rings (SSSR count). The highest BCUT2D eigenvalue weighted by atomic mass is 28.4. The molecule has 0 aliphatic heterocycles. The Morgan fingerprint density at radius 2 is 1.60 bits per heavy atom. The Morgan fingerprint density at radius 3 is 2.14 bits per heavy atom. The number of aliphatic hydroxyl groups is 1. The maximum atomic E-state index is 11.6. The van der Waals surface area contributed by atoms with Gasteiger partial charge in [-0.05, 0) is 66.0 Å². The van der Waals surface area contributed by atoms with Crippen molar-refractivity contribution in [1.29, 1.82) is 0 Å². The minimum atomic E-state index is -2.23. The fourth-order valence-corrected chi connectivity index (χ4v) is 6.29. The molecule has 0 radical (unpaired) electrons. The monoisotopic (exact) mass is 627 g/mol. The van der Waals surface area contributed by atoms with Crippen LogP contribution in [0.2, 0.25) is 37.8 Å². The highest BCUT2D eigenvalue weighted by Gasteiger charge is 2.42. The van der Waals surface area contributed by atoms with E-state index in [1.165, 1.54) is 0 Å². The number of aliphatic hydroxyl groups excluding tert-OH is 1. The van der Waals surface area contributed by atoms with E-state index in [1.807, 2.05) is 38.1 Å². The molecule has 1 aromatic carbocycles. The second-order valence-corrected chi connectivity index (χ2v) is 24.0. The molecule has 0 spiro atoms. The standard InChI is InChI=1S/C34H57N3O4Si2/c1-26(14-13-21-42(8,9)10)23-32(41-43(11,12)34(4,5)6)33(40-25-29-16-18-30(39-7)19-17-29)31(38)20-15-27(2)22-28(3)24-36-37-35/h16-19,26-28,31-33,38H,14,22-25H2,1-12H3/t26-,27-,28-,31?,32-,33+/m1/s1. The van der Waals surface area contributed by atoms with Gasteiger partial charge in [0, 0.05) is 23.8 Å². The third-order valence-electron chi connectivity index (χ3n) is 7.77. The lowest BCUT2D eigenvalue weighted by Crippen LogP contribution is -2.51. The molecular weight excluding hydrogens is 571 g/mol. The van der Waals surface area contributed by atoms with Crippen molar-refractivity contribution in [2.24, 2.45) is 22.9 Å². The molecule has 43 heavy (non-hydrogen) atoms. The van der Waals surface area contributed by atoms with Crippen LogP contribution >= 0.6 is 0 Å². The molecule has 1 aromatic rings. The van der Waals surface area contributed by atoms with Crippen LogP contribution in [0.1, 0.15) is 66.4 Å². The normalized spacial score (nSPS) is 16.2. The summed E-state index contributed by atoms with van der Waals surface area (Å²) in [6.07, 6.45) is 0.206. The third kappa shape index (κ3) is 15.4. The summed E-state index contributed by atoms with van der Waals surface area (Å²) in [5.74, 6) is 11.0. The van der Waals surface area contributed by atoms with Crippen molar-refractivity contribution in [2.75, 3.05) is 13.7 Å². The van der Waals surface area contributed by atoms with Crippen LogP contribution in [-0.2, 0) is 15.8 Å². The van der Waals surface area contributed by atoms with E-state index in [0.717, 1.165) is 24.2 Å². The van der Waals surface area contributed by atoms with E-state index in [2.05, 4.69) is 93.8 Å². The Labute approximate surface area is 264 Å². The maximum Gasteiger partial charge on any atom is 0.192 e. The van der Waals surface area contributed by atoms with Crippen molar-refractivity contribution in [3.05, 3.63) is 40.3 Å². The third-order valence-corrected chi connectivity index (χ3v) is 13.2. The molecule has 0 saturated carbocycles. The summed E-state index contributed by atoms with van der Waals surface area (Å²) in [7, 11) is -2.05. The minimum Gasteiger partial charge on any atom is -0.497 e. The van der Waals surface area contributed by atoms with E-state index >= 15 is 0 Å². The van der Waals surface area contributed by atoms with Gasteiger partial charge in [-0.2, -0.15) is 0 Å². The lowest BCUT2D eigenvalue weighted by atomic mass is 9.94. The largest absolute Gasteiger partial charge is 0.497 e. The summed E-state index contributed by atoms with van der Waals surface area (Å²) in [4.78, 5) is 2.86. The molecule has 0 aliphatic rings. The Morgan fingerprint density at radius 1 is 0.977 bits per heavy atom.